The molecule has 3 nitrogen and oxygen atoms in total. The molecule has 12 heavy (non-hydrogen) atoms. The van der Waals surface area contributed by atoms with Crippen LogP contribution in [0.5, 0.6) is 0 Å². The molecule has 0 heterocycles. The average Bonchev–Trinajstić information content (AvgIpc) is 2.10. The van der Waals surface area contributed by atoms with Gasteiger partial charge in [0.1, 0.15) is 0 Å². The molecule has 0 aliphatic rings. The van der Waals surface area contributed by atoms with E-state index in [4.69, 9.17) is 5.73 Å². The predicted molar refractivity (Wildman–Crippen MR) is 57.3 cm³/mol. The molecule has 0 bridgehead atoms. The number of nitrogens with one attached hydrogen (secondary N) is 1. The van der Waals surface area contributed by atoms with E-state index in [-0.39, 0.29) is 5.91 Å². The van der Waals surface area contributed by atoms with Gasteiger partial charge in [-0.3, -0.25) is 4.79 Å². The highest BCUT2D eigenvalue weighted by atomic mass is 33.1. The van der Waals surface area contributed by atoms with Crippen molar-refractivity contribution in [2.24, 2.45) is 5.73 Å². The van der Waals surface area contributed by atoms with E-state index in [0.29, 0.717) is 6.42 Å². The molecule has 0 aromatic rings. The van der Waals surface area contributed by atoms with Gasteiger partial charge in [-0.25, -0.2) is 0 Å². The first kappa shape index (κ1) is 12.1. The molecule has 5 heteroatoms. The van der Waals surface area contributed by atoms with Crippen molar-refractivity contribution in [3.8, 4) is 0 Å². The fraction of sp³-hybridized carbons (Fsp3) is 0.857. The molecule has 0 radical (unpaired) electrons. The summed E-state index contributed by atoms with van der Waals surface area (Å²) >= 11 is 0. The van der Waals surface area contributed by atoms with E-state index in [1.54, 1.807) is 21.6 Å². The van der Waals surface area contributed by atoms with E-state index in [1.807, 2.05) is 6.92 Å². The zero-order valence-corrected chi connectivity index (χ0v) is 8.97. The lowest BCUT2D eigenvalue weighted by molar-refractivity contribution is -0.120. The van der Waals surface area contributed by atoms with Crippen molar-refractivity contribution < 1.29 is 4.79 Å². The second-order valence-corrected chi connectivity index (χ2v) is 4.84. The summed E-state index contributed by atoms with van der Waals surface area (Å²) in [5.74, 6) is 2.06. The van der Waals surface area contributed by atoms with Gasteiger partial charge in [-0.2, -0.15) is 0 Å². The number of nitrogens with two attached hydrogens (primary N) is 1. The number of hydrogen-bond acceptors (Lipinski definition) is 4. The molecule has 3 N–H and O–H groups in total. The Morgan fingerprint density at radius 3 is 2.67 bits per heavy atom. The summed E-state index contributed by atoms with van der Waals surface area (Å²) in [6.45, 7) is 3.33. The first-order valence-corrected chi connectivity index (χ1v) is 6.51. The third kappa shape index (κ3) is 8.23. The van der Waals surface area contributed by atoms with E-state index < -0.39 is 0 Å². The van der Waals surface area contributed by atoms with Crippen molar-refractivity contribution in [3.05, 3.63) is 0 Å². The largest absolute Gasteiger partial charge is 0.355 e. The van der Waals surface area contributed by atoms with Crippen LogP contribution in [0.3, 0.4) is 0 Å². The van der Waals surface area contributed by atoms with Gasteiger partial charge in [0.15, 0.2) is 0 Å². The smallest absolute Gasteiger partial charge is 0.219 e. The van der Waals surface area contributed by atoms with Gasteiger partial charge in [-0.15, -0.1) is 0 Å². The molecule has 1 amide bonds. The minimum absolute atomic E-state index is 0.124. The van der Waals surface area contributed by atoms with Crippen LogP contribution in [0.2, 0.25) is 0 Å². The standard InChI is InChI=1S/C7H16N2OS2/c1-2-7(10)9-4-6-12-11-5-3-8/h2-6,8H2,1H3,(H,9,10). The highest BCUT2D eigenvalue weighted by Gasteiger charge is 1.94. The van der Waals surface area contributed by atoms with E-state index >= 15 is 0 Å². The lowest BCUT2D eigenvalue weighted by Crippen LogP contribution is -2.24. The topological polar surface area (TPSA) is 55.1 Å². The lowest BCUT2D eigenvalue weighted by Gasteiger charge is -2.01. The van der Waals surface area contributed by atoms with Crippen LogP contribution in [0.4, 0.5) is 0 Å². The van der Waals surface area contributed by atoms with Gasteiger partial charge in [0.25, 0.3) is 0 Å². The minimum Gasteiger partial charge on any atom is -0.355 e. The second-order valence-electron chi connectivity index (χ2n) is 2.14. The molecule has 0 aliphatic carbocycles. The highest BCUT2D eigenvalue weighted by molar-refractivity contribution is 8.76. The second kappa shape index (κ2) is 9.22. The van der Waals surface area contributed by atoms with Crippen LogP contribution in [0.15, 0.2) is 0 Å². The zero-order valence-electron chi connectivity index (χ0n) is 7.34. The van der Waals surface area contributed by atoms with Gasteiger partial charge in [0.2, 0.25) is 5.91 Å². The fourth-order valence-electron chi connectivity index (χ4n) is 0.523. The molecule has 0 saturated carbocycles. The Kier molecular flexibility index (Phi) is 9.32. The first-order chi connectivity index (χ1) is 5.81. The molecule has 0 aromatic heterocycles. The van der Waals surface area contributed by atoms with Crippen molar-refractivity contribution >= 4 is 27.5 Å². The molecule has 0 atom stereocenters. The number of carbonyl (C=O) groups excluding carboxylic acids is 1. The summed E-state index contributed by atoms with van der Waals surface area (Å²) < 4.78 is 0. The Morgan fingerprint density at radius 1 is 1.42 bits per heavy atom. The zero-order chi connectivity index (χ0) is 9.23. The van der Waals surface area contributed by atoms with Gasteiger partial charge in [0, 0.05) is 31.0 Å². The van der Waals surface area contributed by atoms with Crippen molar-refractivity contribution in [1.29, 1.82) is 0 Å². The maximum atomic E-state index is 10.8. The quantitative estimate of drug-likeness (QED) is 0.481. The maximum absolute atomic E-state index is 10.8. The van der Waals surface area contributed by atoms with Crippen LogP contribution < -0.4 is 11.1 Å². The van der Waals surface area contributed by atoms with Gasteiger partial charge in [-0.05, 0) is 0 Å². The molecule has 0 aliphatic heterocycles. The summed E-state index contributed by atoms with van der Waals surface area (Å²) in [5, 5.41) is 2.80. The molecule has 0 rings (SSSR count). The van der Waals surface area contributed by atoms with Crippen molar-refractivity contribution in [2.75, 3.05) is 24.6 Å². The normalized spacial score (nSPS) is 9.83. The summed E-state index contributed by atoms with van der Waals surface area (Å²) in [5.41, 5.74) is 5.31. The summed E-state index contributed by atoms with van der Waals surface area (Å²) in [7, 11) is 3.51. The Bertz CT molecular complexity index is 122. The third-order valence-corrected chi connectivity index (χ3v) is 3.55. The summed E-state index contributed by atoms with van der Waals surface area (Å²) in [6, 6.07) is 0. The van der Waals surface area contributed by atoms with E-state index in [2.05, 4.69) is 5.32 Å². The monoisotopic (exact) mass is 208 g/mol. The van der Waals surface area contributed by atoms with Crippen LogP contribution in [0, 0.1) is 0 Å². The SMILES string of the molecule is CCC(=O)NCCSSCCN. The van der Waals surface area contributed by atoms with E-state index in [0.717, 1.165) is 24.6 Å². The number of carbonyl (C=O) groups is 1. The van der Waals surface area contributed by atoms with Crippen molar-refractivity contribution in [3.63, 3.8) is 0 Å². The molecule has 72 valence electrons. The first-order valence-electron chi connectivity index (χ1n) is 4.02. The van der Waals surface area contributed by atoms with Crippen LogP contribution in [-0.4, -0.2) is 30.5 Å². The molecular weight excluding hydrogens is 192 g/mol. The molecule has 0 aromatic carbocycles. The maximum Gasteiger partial charge on any atom is 0.219 e. The number of amides is 1. The van der Waals surface area contributed by atoms with Crippen LogP contribution >= 0.6 is 21.6 Å². The molecule has 0 unspecified atom stereocenters. The summed E-state index contributed by atoms with van der Waals surface area (Å²) in [6.07, 6.45) is 0.570. The van der Waals surface area contributed by atoms with Gasteiger partial charge in [0.05, 0.1) is 0 Å². The molecular formula is C7H16N2OS2. The lowest BCUT2D eigenvalue weighted by atomic mass is 10.4. The summed E-state index contributed by atoms with van der Waals surface area (Å²) in [4.78, 5) is 10.8. The number of rotatable bonds is 7. The molecule has 0 fully saturated rings. The third-order valence-electron chi connectivity index (χ3n) is 1.11. The van der Waals surface area contributed by atoms with Gasteiger partial charge < -0.3 is 11.1 Å². The van der Waals surface area contributed by atoms with E-state index in [1.165, 1.54) is 0 Å². The van der Waals surface area contributed by atoms with Crippen LogP contribution in [-0.2, 0) is 4.79 Å². The van der Waals surface area contributed by atoms with Crippen LogP contribution in [0.25, 0.3) is 0 Å². The number of hydrogen-bond donors (Lipinski definition) is 2. The highest BCUT2D eigenvalue weighted by Crippen LogP contribution is 2.18. The Morgan fingerprint density at radius 2 is 2.08 bits per heavy atom. The van der Waals surface area contributed by atoms with Gasteiger partial charge >= 0.3 is 0 Å². The average molecular weight is 208 g/mol. The Balaban J connectivity index is 2.95. The Hall–Kier alpha value is 0.130. The Labute approximate surface area is 81.6 Å². The minimum atomic E-state index is 0.124. The van der Waals surface area contributed by atoms with E-state index in [9.17, 15) is 4.79 Å². The van der Waals surface area contributed by atoms with Crippen molar-refractivity contribution in [2.45, 2.75) is 13.3 Å². The van der Waals surface area contributed by atoms with Crippen molar-refractivity contribution in [1.82, 2.24) is 5.32 Å². The molecule has 0 spiro atoms. The van der Waals surface area contributed by atoms with Crippen LogP contribution in [0.1, 0.15) is 13.3 Å². The molecule has 0 saturated heterocycles. The fourth-order valence-corrected chi connectivity index (χ4v) is 2.29. The van der Waals surface area contributed by atoms with Gasteiger partial charge in [-0.1, -0.05) is 28.5 Å². The predicted octanol–water partition coefficient (Wildman–Crippen LogP) is 0.853.